The highest BCUT2D eigenvalue weighted by Gasteiger charge is 2.26. The molecular weight excluding hydrogens is 348 g/mol. The first kappa shape index (κ1) is 20.7. The van der Waals surface area contributed by atoms with Crippen molar-refractivity contribution >= 4 is 0 Å². The Morgan fingerprint density at radius 2 is 1.48 bits per heavy atom. The Hall–Kier alpha value is -2.64. The summed E-state index contributed by atoms with van der Waals surface area (Å²) < 4.78 is 5.29. The minimum Gasteiger partial charge on any atom is -0.303 e. The average Bonchev–Trinajstić information content (AvgIpc) is 2.48. The van der Waals surface area contributed by atoms with E-state index in [0.29, 0.717) is 12.1 Å². The fraction of sp³-hybridized carbons (Fsp3) is 0.579. The molecule has 0 N–H and O–H groups in total. The maximum absolute atomic E-state index is 12.9. The van der Waals surface area contributed by atoms with E-state index in [2.05, 4.69) is 0 Å². The van der Waals surface area contributed by atoms with E-state index in [1.54, 1.807) is 48.6 Å². The van der Waals surface area contributed by atoms with Crippen LogP contribution in [-0.2, 0) is 24.7 Å². The van der Waals surface area contributed by atoms with E-state index < -0.39 is 22.5 Å². The van der Waals surface area contributed by atoms with Gasteiger partial charge < -0.3 is 4.57 Å². The fourth-order valence-corrected chi connectivity index (χ4v) is 3.20. The largest absolute Gasteiger partial charge is 0.331 e. The van der Waals surface area contributed by atoms with Crippen LogP contribution >= 0.6 is 0 Å². The molecule has 27 heavy (non-hydrogen) atoms. The highest BCUT2D eigenvalue weighted by atomic mass is 16.2. The molecule has 0 fully saturated rings. The molecule has 0 aliphatic carbocycles. The normalized spacial score (nSPS) is 12.4. The van der Waals surface area contributed by atoms with E-state index in [9.17, 15) is 19.2 Å². The second-order valence-electron chi connectivity index (χ2n) is 8.51. The summed E-state index contributed by atoms with van der Waals surface area (Å²) in [6.45, 7) is 11.0. The predicted molar refractivity (Wildman–Crippen MR) is 105 cm³/mol. The van der Waals surface area contributed by atoms with E-state index in [0.717, 1.165) is 0 Å². The van der Waals surface area contributed by atoms with Gasteiger partial charge in [0.25, 0.3) is 11.1 Å². The smallest absolute Gasteiger partial charge is 0.303 e. The van der Waals surface area contributed by atoms with E-state index >= 15 is 0 Å². The number of hydrogen-bond donors (Lipinski definition) is 0. The highest BCUT2D eigenvalue weighted by molar-refractivity contribution is 5.02. The minimum atomic E-state index is -0.804. The topological polar surface area (TPSA) is 88.0 Å². The Bertz CT molecular complexity index is 1090. The van der Waals surface area contributed by atoms with Gasteiger partial charge in [0.2, 0.25) is 0 Å². The molecule has 0 unspecified atom stereocenters. The molecule has 148 valence electrons. The molecule has 0 saturated heterocycles. The highest BCUT2D eigenvalue weighted by Crippen LogP contribution is 2.17. The van der Waals surface area contributed by atoms with Crippen molar-refractivity contribution in [1.82, 2.24) is 18.3 Å². The lowest BCUT2D eigenvalue weighted by atomic mass is 10.00. The number of rotatable bonds is 4. The zero-order valence-corrected chi connectivity index (χ0v) is 17.1. The third-order valence-corrected chi connectivity index (χ3v) is 4.78. The van der Waals surface area contributed by atoms with Crippen molar-refractivity contribution in [2.75, 3.05) is 0 Å². The molecule has 0 bridgehead atoms. The van der Waals surface area contributed by atoms with Gasteiger partial charge in [0.05, 0.1) is 0 Å². The van der Waals surface area contributed by atoms with Crippen LogP contribution in [0.5, 0.6) is 0 Å². The Labute approximate surface area is 157 Å². The second kappa shape index (κ2) is 6.83. The Morgan fingerprint density at radius 3 is 2.04 bits per heavy atom. The van der Waals surface area contributed by atoms with Gasteiger partial charge in [-0.3, -0.25) is 23.3 Å². The van der Waals surface area contributed by atoms with Crippen molar-refractivity contribution < 1.29 is 0 Å². The Kier molecular flexibility index (Phi) is 5.23. The first-order valence-electron chi connectivity index (χ1n) is 8.90. The van der Waals surface area contributed by atoms with Crippen LogP contribution in [0.3, 0.4) is 0 Å². The monoisotopic (exact) mass is 376 g/mol. The van der Waals surface area contributed by atoms with Crippen molar-refractivity contribution in [3.05, 3.63) is 65.7 Å². The van der Waals surface area contributed by atoms with Gasteiger partial charge in [-0.2, -0.15) is 0 Å². The lowest BCUT2D eigenvalue weighted by Crippen LogP contribution is -2.50. The van der Waals surface area contributed by atoms with Crippen LogP contribution in [0.4, 0.5) is 0 Å². The van der Waals surface area contributed by atoms with Crippen molar-refractivity contribution in [2.45, 2.75) is 65.6 Å². The third-order valence-electron chi connectivity index (χ3n) is 4.78. The van der Waals surface area contributed by atoms with Gasteiger partial charge in [-0.05, 0) is 48.0 Å². The van der Waals surface area contributed by atoms with E-state index in [-0.39, 0.29) is 17.7 Å². The van der Waals surface area contributed by atoms with Gasteiger partial charge >= 0.3 is 11.4 Å². The van der Waals surface area contributed by atoms with E-state index in [1.807, 2.05) is 0 Å². The standard InChI is InChI=1S/C19H28N4O4/c1-13-12-15(25)22(18(2,3)4)17(27)21(13)11-9-19(5,6)23-14(24)8-10-20(7)16(23)26/h8,10,12H,9,11H2,1-7H3. The first-order valence-corrected chi connectivity index (χ1v) is 8.90. The molecule has 0 aliphatic heterocycles. The molecule has 0 amide bonds. The van der Waals surface area contributed by atoms with Crippen LogP contribution in [0.1, 0.15) is 46.7 Å². The molecule has 2 aromatic heterocycles. The summed E-state index contributed by atoms with van der Waals surface area (Å²) >= 11 is 0. The summed E-state index contributed by atoms with van der Waals surface area (Å²) in [5.74, 6) is 0. The molecule has 8 heteroatoms. The lowest BCUT2D eigenvalue weighted by molar-refractivity contribution is 0.274. The maximum atomic E-state index is 12.9. The van der Waals surface area contributed by atoms with E-state index in [4.69, 9.17) is 0 Å². The molecule has 2 aromatic rings. The summed E-state index contributed by atoms with van der Waals surface area (Å²) in [6, 6.07) is 2.79. The molecular formula is C19H28N4O4. The molecule has 2 heterocycles. The zero-order chi connectivity index (χ0) is 20.7. The van der Waals surface area contributed by atoms with Crippen LogP contribution in [-0.4, -0.2) is 18.3 Å². The summed E-state index contributed by atoms with van der Waals surface area (Å²) in [5, 5.41) is 0. The molecule has 0 spiro atoms. The van der Waals surface area contributed by atoms with E-state index in [1.165, 1.54) is 36.6 Å². The summed E-state index contributed by atoms with van der Waals surface area (Å²) in [6.07, 6.45) is 1.81. The van der Waals surface area contributed by atoms with Crippen molar-refractivity contribution in [1.29, 1.82) is 0 Å². The fourth-order valence-electron chi connectivity index (χ4n) is 3.20. The number of aryl methyl sites for hydroxylation is 2. The second-order valence-corrected chi connectivity index (χ2v) is 8.51. The van der Waals surface area contributed by atoms with Crippen molar-refractivity contribution in [3.8, 4) is 0 Å². The first-order chi connectivity index (χ1) is 12.3. The molecule has 0 aromatic carbocycles. The zero-order valence-electron chi connectivity index (χ0n) is 17.1. The maximum Gasteiger partial charge on any atom is 0.331 e. The molecule has 8 nitrogen and oxygen atoms in total. The van der Waals surface area contributed by atoms with Gasteiger partial charge in [0, 0.05) is 48.7 Å². The predicted octanol–water partition coefficient (Wildman–Crippen LogP) is 0.759. The Balaban J connectivity index is 2.50. The van der Waals surface area contributed by atoms with Gasteiger partial charge in [0.1, 0.15) is 0 Å². The van der Waals surface area contributed by atoms with Crippen LogP contribution in [0.25, 0.3) is 0 Å². The average molecular weight is 376 g/mol. The van der Waals surface area contributed by atoms with Crippen LogP contribution < -0.4 is 22.5 Å². The quantitative estimate of drug-likeness (QED) is 0.788. The molecule has 2 rings (SSSR count). The number of hydrogen-bond acceptors (Lipinski definition) is 4. The summed E-state index contributed by atoms with van der Waals surface area (Å²) in [4.78, 5) is 49.8. The van der Waals surface area contributed by atoms with Gasteiger partial charge in [-0.25, -0.2) is 9.59 Å². The number of nitrogens with zero attached hydrogens (tertiary/aromatic N) is 4. The lowest BCUT2D eigenvalue weighted by Gasteiger charge is -2.28. The molecule has 0 saturated carbocycles. The van der Waals surface area contributed by atoms with Crippen LogP contribution in [0.2, 0.25) is 0 Å². The summed E-state index contributed by atoms with van der Waals surface area (Å²) in [7, 11) is 1.59. The van der Waals surface area contributed by atoms with Crippen molar-refractivity contribution in [2.24, 2.45) is 7.05 Å². The van der Waals surface area contributed by atoms with Crippen LogP contribution in [0, 0.1) is 6.92 Å². The van der Waals surface area contributed by atoms with Gasteiger partial charge in [-0.15, -0.1) is 0 Å². The molecule has 0 aliphatic rings. The van der Waals surface area contributed by atoms with Gasteiger partial charge in [-0.1, -0.05) is 0 Å². The molecule has 0 radical (unpaired) electrons. The Morgan fingerprint density at radius 1 is 0.889 bits per heavy atom. The van der Waals surface area contributed by atoms with Gasteiger partial charge in [0.15, 0.2) is 0 Å². The van der Waals surface area contributed by atoms with Crippen LogP contribution in [0.15, 0.2) is 37.5 Å². The summed E-state index contributed by atoms with van der Waals surface area (Å²) in [5.41, 5.74) is -2.42. The molecule has 0 atom stereocenters. The SMILES string of the molecule is Cc1cc(=O)n(C(C)(C)C)c(=O)n1CCC(C)(C)n1c(=O)ccn(C)c1=O. The van der Waals surface area contributed by atoms with Crippen molar-refractivity contribution in [3.63, 3.8) is 0 Å². The minimum absolute atomic E-state index is 0.276. The third kappa shape index (κ3) is 3.89. The number of aromatic nitrogens is 4.